The van der Waals surface area contributed by atoms with Gasteiger partial charge in [0.1, 0.15) is 5.75 Å². The molecule has 0 atom stereocenters. The van der Waals surface area contributed by atoms with Crippen molar-refractivity contribution in [3.05, 3.63) is 65.7 Å². The summed E-state index contributed by atoms with van der Waals surface area (Å²) >= 11 is 0. The van der Waals surface area contributed by atoms with E-state index >= 15 is 0 Å². The van der Waals surface area contributed by atoms with Crippen LogP contribution in [0.5, 0.6) is 5.75 Å². The first-order valence-corrected chi connectivity index (χ1v) is 6.55. The Bertz CT molecular complexity index is 688. The van der Waals surface area contributed by atoms with Gasteiger partial charge in [-0.2, -0.15) is 0 Å². The van der Waals surface area contributed by atoms with Gasteiger partial charge in [-0.15, -0.1) is 0 Å². The highest BCUT2D eigenvalue weighted by molar-refractivity contribution is 6.02. The molecule has 0 heterocycles. The van der Waals surface area contributed by atoms with E-state index < -0.39 is 5.97 Å². The van der Waals surface area contributed by atoms with Crippen LogP contribution in [0.1, 0.15) is 15.9 Å². The molecule has 0 aliphatic carbocycles. The summed E-state index contributed by atoms with van der Waals surface area (Å²) in [5.41, 5.74) is 1.58. The molecule has 0 aromatic heterocycles. The number of carboxylic acid groups (broad SMARTS) is 1. The Kier molecular flexibility index (Phi) is 4.93. The van der Waals surface area contributed by atoms with Crippen LogP contribution in [0, 0.1) is 0 Å². The Balaban J connectivity index is 1.96. The van der Waals surface area contributed by atoms with E-state index in [0.717, 1.165) is 11.3 Å². The molecule has 2 aromatic rings. The number of anilines is 1. The highest BCUT2D eigenvalue weighted by atomic mass is 16.5. The molecule has 0 radical (unpaired) electrons. The topological polar surface area (TPSA) is 75.6 Å². The Morgan fingerprint density at radius 2 is 1.68 bits per heavy atom. The molecule has 0 spiro atoms. The Morgan fingerprint density at radius 1 is 1.05 bits per heavy atom. The van der Waals surface area contributed by atoms with E-state index in [-0.39, 0.29) is 11.5 Å². The van der Waals surface area contributed by atoms with Crippen molar-refractivity contribution in [2.24, 2.45) is 0 Å². The van der Waals surface area contributed by atoms with Crippen LogP contribution in [0.3, 0.4) is 0 Å². The number of carbonyl (C=O) groups is 2. The van der Waals surface area contributed by atoms with Crippen LogP contribution in [0.15, 0.2) is 54.6 Å². The van der Waals surface area contributed by atoms with Crippen molar-refractivity contribution in [1.82, 2.24) is 0 Å². The summed E-state index contributed by atoms with van der Waals surface area (Å²) in [7, 11) is 1.59. The fourth-order valence-corrected chi connectivity index (χ4v) is 1.77. The lowest BCUT2D eigenvalue weighted by Crippen LogP contribution is -2.08. The second kappa shape index (κ2) is 7.08. The molecule has 0 bridgehead atoms. The predicted octanol–water partition coefficient (Wildman–Crippen LogP) is 3.05. The zero-order valence-electron chi connectivity index (χ0n) is 11.9. The summed E-state index contributed by atoms with van der Waals surface area (Å²) in [6.45, 7) is 0. The molecule has 0 unspecified atom stereocenters. The fourth-order valence-electron chi connectivity index (χ4n) is 1.77. The normalized spacial score (nSPS) is 10.4. The maximum absolute atomic E-state index is 11.8. The molecule has 2 aromatic carbocycles. The highest BCUT2D eigenvalue weighted by Crippen LogP contribution is 2.13. The van der Waals surface area contributed by atoms with Crippen molar-refractivity contribution in [2.45, 2.75) is 0 Å². The predicted molar refractivity (Wildman–Crippen MR) is 84.1 cm³/mol. The van der Waals surface area contributed by atoms with Gasteiger partial charge in [0.15, 0.2) is 0 Å². The molecule has 5 heteroatoms. The monoisotopic (exact) mass is 297 g/mol. The maximum Gasteiger partial charge on any atom is 0.335 e. The van der Waals surface area contributed by atoms with Gasteiger partial charge in [0, 0.05) is 11.8 Å². The van der Waals surface area contributed by atoms with Crippen LogP contribution in [-0.4, -0.2) is 24.1 Å². The third kappa shape index (κ3) is 4.21. The average molecular weight is 297 g/mol. The van der Waals surface area contributed by atoms with Gasteiger partial charge in [-0.05, 0) is 48.0 Å². The van der Waals surface area contributed by atoms with Gasteiger partial charge >= 0.3 is 5.97 Å². The minimum Gasteiger partial charge on any atom is -0.497 e. The smallest absolute Gasteiger partial charge is 0.335 e. The first-order valence-electron chi connectivity index (χ1n) is 6.55. The van der Waals surface area contributed by atoms with Crippen molar-refractivity contribution in [3.63, 3.8) is 0 Å². The van der Waals surface area contributed by atoms with Crippen LogP contribution in [-0.2, 0) is 4.79 Å². The summed E-state index contributed by atoms with van der Waals surface area (Å²) in [5, 5.41) is 11.5. The molecule has 1 amide bonds. The molecule has 0 aliphatic rings. The van der Waals surface area contributed by atoms with Crippen molar-refractivity contribution in [1.29, 1.82) is 0 Å². The summed E-state index contributed by atoms with van der Waals surface area (Å²) in [4.78, 5) is 22.5. The third-order valence-corrected chi connectivity index (χ3v) is 2.94. The fraction of sp³-hybridized carbons (Fsp3) is 0.0588. The first-order chi connectivity index (χ1) is 10.6. The standard InChI is InChI=1S/C17H15NO4/c1-22-15-9-2-12(3-10-15)4-11-16(19)18-14-7-5-13(6-8-14)17(20)21/h2-11H,1H3,(H,18,19)(H,20,21). The van der Waals surface area contributed by atoms with Crippen LogP contribution >= 0.6 is 0 Å². The zero-order chi connectivity index (χ0) is 15.9. The Hall–Kier alpha value is -3.08. The largest absolute Gasteiger partial charge is 0.497 e. The summed E-state index contributed by atoms with van der Waals surface area (Å²) < 4.78 is 5.06. The second-order valence-corrected chi connectivity index (χ2v) is 4.48. The molecular formula is C17H15NO4. The van der Waals surface area contributed by atoms with E-state index in [1.165, 1.54) is 18.2 Å². The summed E-state index contributed by atoms with van der Waals surface area (Å²) in [6.07, 6.45) is 3.09. The van der Waals surface area contributed by atoms with Crippen molar-refractivity contribution < 1.29 is 19.4 Å². The number of amides is 1. The van der Waals surface area contributed by atoms with Crippen molar-refractivity contribution in [2.75, 3.05) is 12.4 Å². The molecular weight excluding hydrogens is 282 g/mol. The molecule has 0 saturated carbocycles. The van der Waals surface area contributed by atoms with E-state index in [9.17, 15) is 9.59 Å². The summed E-state index contributed by atoms with van der Waals surface area (Å²) in [5.74, 6) is -0.545. The quantitative estimate of drug-likeness (QED) is 0.832. The van der Waals surface area contributed by atoms with Gasteiger partial charge in [-0.1, -0.05) is 12.1 Å². The molecule has 0 saturated heterocycles. The van der Waals surface area contributed by atoms with Crippen LogP contribution in [0.4, 0.5) is 5.69 Å². The molecule has 2 N–H and O–H groups in total. The number of hydrogen-bond acceptors (Lipinski definition) is 3. The highest BCUT2D eigenvalue weighted by Gasteiger charge is 2.03. The van der Waals surface area contributed by atoms with Gasteiger partial charge in [0.25, 0.3) is 0 Å². The molecule has 2 rings (SSSR count). The minimum absolute atomic E-state index is 0.173. The van der Waals surface area contributed by atoms with Crippen molar-refractivity contribution in [3.8, 4) is 5.75 Å². The average Bonchev–Trinajstić information content (AvgIpc) is 2.54. The third-order valence-electron chi connectivity index (χ3n) is 2.94. The van der Waals surface area contributed by atoms with E-state index in [1.54, 1.807) is 25.3 Å². The molecule has 22 heavy (non-hydrogen) atoms. The van der Waals surface area contributed by atoms with E-state index in [0.29, 0.717) is 5.69 Å². The van der Waals surface area contributed by atoms with Gasteiger partial charge < -0.3 is 15.2 Å². The first kappa shape index (κ1) is 15.3. The lowest BCUT2D eigenvalue weighted by Gasteiger charge is -2.02. The van der Waals surface area contributed by atoms with Gasteiger partial charge in [0.2, 0.25) is 5.91 Å². The number of methoxy groups -OCH3 is 1. The van der Waals surface area contributed by atoms with Crippen LogP contribution in [0.2, 0.25) is 0 Å². The number of carboxylic acids is 1. The lowest BCUT2D eigenvalue weighted by atomic mass is 10.2. The maximum atomic E-state index is 11.8. The SMILES string of the molecule is COc1ccc(C=CC(=O)Nc2ccc(C(=O)O)cc2)cc1. The molecule has 0 aliphatic heterocycles. The van der Waals surface area contributed by atoms with Gasteiger partial charge in [-0.25, -0.2) is 4.79 Å². The van der Waals surface area contributed by atoms with Gasteiger partial charge in [-0.3, -0.25) is 4.79 Å². The Labute approximate surface area is 127 Å². The van der Waals surface area contributed by atoms with Gasteiger partial charge in [0.05, 0.1) is 12.7 Å². The number of hydrogen-bond donors (Lipinski definition) is 2. The number of ether oxygens (including phenoxy) is 1. The zero-order valence-corrected chi connectivity index (χ0v) is 11.9. The second-order valence-electron chi connectivity index (χ2n) is 4.48. The lowest BCUT2D eigenvalue weighted by molar-refractivity contribution is -0.111. The number of aromatic carboxylic acids is 1. The van der Waals surface area contributed by atoms with E-state index in [2.05, 4.69) is 5.32 Å². The number of rotatable bonds is 5. The number of benzene rings is 2. The van der Waals surface area contributed by atoms with Crippen LogP contribution in [0.25, 0.3) is 6.08 Å². The van der Waals surface area contributed by atoms with E-state index in [4.69, 9.17) is 9.84 Å². The summed E-state index contributed by atoms with van der Waals surface area (Å²) in [6, 6.07) is 13.3. The minimum atomic E-state index is -1.00. The molecule has 0 fully saturated rings. The molecule has 5 nitrogen and oxygen atoms in total. The number of nitrogens with one attached hydrogen (secondary N) is 1. The van der Waals surface area contributed by atoms with Crippen molar-refractivity contribution >= 4 is 23.6 Å². The number of carbonyl (C=O) groups excluding carboxylic acids is 1. The van der Waals surface area contributed by atoms with Crippen LogP contribution < -0.4 is 10.1 Å². The molecule has 112 valence electrons. The Morgan fingerprint density at radius 3 is 2.23 bits per heavy atom. The van der Waals surface area contributed by atoms with E-state index in [1.807, 2.05) is 24.3 Å².